The molecule has 0 aliphatic heterocycles. The lowest BCUT2D eigenvalue weighted by Crippen LogP contribution is -2.34. The molecule has 0 saturated carbocycles. The van der Waals surface area contributed by atoms with Crippen LogP contribution in [0.5, 0.6) is 0 Å². The van der Waals surface area contributed by atoms with E-state index in [0.29, 0.717) is 5.92 Å². The van der Waals surface area contributed by atoms with Gasteiger partial charge in [0.2, 0.25) is 0 Å². The third-order valence-electron chi connectivity index (χ3n) is 8.18. The number of fused-ring (bicyclic) bond motifs is 1. The van der Waals surface area contributed by atoms with E-state index in [1.165, 1.54) is 40.7 Å². The van der Waals surface area contributed by atoms with Gasteiger partial charge in [-0.25, -0.2) is 0 Å². The van der Waals surface area contributed by atoms with Crippen LogP contribution in [0.2, 0.25) is 0 Å². The molecule has 0 heterocycles. The smallest absolute Gasteiger partial charge is 0.0113 e. The predicted octanol–water partition coefficient (Wildman–Crippen LogP) is 9.86. The molecule has 0 radical (unpaired) electrons. The average Bonchev–Trinajstić information content (AvgIpc) is 3.11. The summed E-state index contributed by atoms with van der Waals surface area (Å²) in [6.45, 7) is 18.2. The van der Waals surface area contributed by atoms with Gasteiger partial charge in [-0.3, -0.25) is 0 Å². The summed E-state index contributed by atoms with van der Waals surface area (Å²) in [5.74, 6) is 0.540. The molecule has 0 amide bonds. The summed E-state index contributed by atoms with van der Waals surface area (Å²) in [4.78, 5) is 0. The Hall–Kier alpha value is -2.60. The largest absolute Gasteiger partial charge is 0.0955 e. The molecule has 33 heavy (non-hydrogen) atoms. The summed E-state index contributed by atoms with van der Waals surface area (Å²) < 4.78 is 0. The molecule has 0 aromatic heterocycles. The Bertz CT molecular complexity index is 1130. The Balaban J connectivity index is 1.61. The predicted molar refractivity (Wildman–Crippen MR) is 146 cm³/mol. The van der Waals surface area contributed by atoms with Gasteiger partial charge in [0.1, 0.15) is 0 Å². The van der Waals surface area contributed by atoms with Crippen molar-refractivity contribution in [1.82, 2.24) is 0 Å². The van der Waals surface area contributed by atoms with E-state index < -0.39 is 0 Å². The van der Waals surface area contributed by atoms with Gasteiger partial charge in [0.05, 0.1) is 0 Å². The molecule has 4 rings (SSSR count). The Morgan fingerprint density at radius 1 is 1.06 bits per heavy atom. The van der Waals surface area contributed by atoms with Crippen molar-refractivity contribution in [3.05, 3.63) is 101 Å². The maximum absolute atomic E-state index is 4.09. The van der Waals surface area contributed by atoms with Crippen LogP contribution in [0.4, 0.5) is 0 Å². The standard InChI is InChI=1S/C33H40/c1-8-11-31-32(5,6)30(26-16-14-25(15-17-26)23(2)3)19-21-33(31,7)20-18-27-22-28-12-9-10-13-29(28)24(27)4/h9-17,19,22,24H,2,8,18,20-21H2,1,3-7H3/b31-11-/t24-,33+/m1/s1. The quantitative estimate of drug-likeness (QED) is 0.395. The number of benzene rings is 2. The zero-order valence-electron chi connectivity index (χ0n) is 21.5. The summed E-state index contributed by atoms with van der Waals surface area (Å²) in [7, 11) is 0. The summed E-state index contributed by atoms with van der Waals surface area (Å²) >= 11 is 0. The summed E-state index contributed by atoms with van der Waals surface area (Å²) in [5.41, 5.74) is 11.5. The van der Waals surface area contributed by atoms with E-state index in [0.717, 1.165) is 18.4 Å². The van der Waals surface area contributed by atoms with E-state index in [9.17, 15) is 0 Å². The van der Waals surface area contributed by atoms with E-state index >= 15 is 0 Å². The molecule has 2 aromatic carbocycles. The molecule has 0 spiro atoms. The molecule has 0 unspecified atom stereocenters. The van der Waals surface area contributed by atoms with E-state index in [-0.39, 0.29) is 10.8 Å². The van der Waals surface area contributed by atoms with Crippen LogP contribution in [0.3, 0.4) is 0 Å². The SMILES string of the molecule is C=C(C)c1ccc(C2=CC[C@](C)(CCC3=Cc4ccccc4[C@@H]3C)/C(=C\CC)C2(C)C)cc1. The zero-order chi connectivity index (χ0) is 23.8. The number of hydrogen-bond acceptors (Lipinski definition) is 0. The second kappa shape index (κ2) is 8.98. The zero-order valence-corrected chi connectivity index (χ0v) is 21.5. The molecule has 0 bridgehead atoms. The van der Waals surface area contributed by atoms with Gasteiger partial charge in [-0.15, -0.1) is 0 Å². The molecule has 0 heteroatoms. The van der Waals surface area contributed by atoms with Gasteiger partial charge < -0.3 is 0 Å². The van der Waals surface area contributed by atoms with Crippen LogP contribution >= 0.6 is 0 Å². The van der Waals surface area contributed by atoms with Crippen LogP contribution in [0.15, 0.2) is 78.4 Å². The number of allylic oxidation sites excluding steroid dienone is 6. The summed E-state index contributed by atoms with van der Waals surface area (Å²) in [5, 5.41) is 0. The number of rotatable bonds is 6. The lowest BCUT2D eigenvalue weighted by atomic mass is 9.57. The van der Waals surface area contributed by atoms with Crippen molar-refractivity contribution in [1.29, 1.82) is 0 Å². The highest BCUT2D eigenvalue weighted by Crippen LogP contribution is 2.56. The van der Waals surface area contributed by atoms with Crippen molar-refractivity contribution in [3.63, 3.8) is 0 Å². The van der Waals surface area contributed by atoms with E-state index in [1.807, 2.05) is 0 Å². The van der Waals surface area contributed by atoms with Crippen molar-refractivity contribution >= 4 is 17.2 Å². The molecule has 2 aliphatic rings. The first kappa shape index (κ1) is 23.6. The maximum Gasteiger partial charge on any atom is 0.0113 e. The van der Waals surface area contributed by atoms with Crippen LogP contribution in [0.1, 0.15) is 95.4 Å². The highest BCUT2D eigenvalue weighted by Gasteiger charge is 2.43. The molecular weight excluding hydrogens is 396 g/mol. The van der Waals surface area contributed by atoms with Crippen LogP contribution in [-0.2, 0) is 0 Å². The van der Waals surface area contributed by atoms with Gasteiger partial charge in [-0.1, -0.05) is 125 Å². The fourth-order valence-corrected chi connectivity index (χ4v) is 6.22. The lowest BCUT2D eigenvalue weighted by molar-refractivity contribution is 0.298. The van der Waals surface area contributed by atoms with Gasteiger partial charge in [0.15, 0.2) is 0 Å². The molecule has 0 N–H and O–H groups in total. The van der Waals surface area contributed by atoms with Crippen molar-refractivity contribution < 1.29 is 0 Å². The fraction of sp³-hybridized carbons (Fsp3) is 0.394. The van der Waals surface area contributed by atoms with Crippen molar-refractivity contribution in [3.8, 4) is 0 Å². The number of hydrogen-bond donors (Lipinski definition) is 0. The summed E-state index contributed by atoms with van der Waals surface area (Å²) in [6, 6.07) is 17.9. The molecule has 0 fully saturated rings. The second-order valence-corrected chi connectivity index (χ2v) is 11.0. The Morgan fingerprint density at radius 3 is 2.39 bits per heavy atom. The van der Waals surface area contributed by atoms with Crippen molar-refractivity contribution in [2.75, 3.05) is 0 Å². The van der Waals surface area contributed by atoms with E-state index in [2.05, 4.69) is 115 Å². The van der Waals surface area contributed by atoms with Crippen LogP contribution in [-0.4, -0.2) is 0 Å². The van der Waals surface area contributed by atoms with Gasteiger partial charge >= 0.3 is 0 Å². The highest BCUT2D eigenvalue weighted by atomic mass is 14.5. The van der Waals surface area contributed by atoms with E-state index in [1.54, 1.807) is 11.1 Å². The average molecular weight is 437 g/mol. The van der Waals surface area contributed by atoms with Crippen LogP contribution < -0.4 is 0 Å². The van der Waals surface area contributed by atoms with Crippen molar-refractivity contribution in [2.24, 2.45) is 10.8 Å². The van der Waals surface area contributed by atoms with E-state index in [4.69, 9.17) is 0 Å². The fourth-order valence-electron chi connectivity index (χ4n) is 6.22. The highest BCUT2D eigenvalue weighted by molar-refractivity contribution is 5.76. The lowest BCUT2D eigenvalue weighted by Gasteiger charge is -2.47. The second-order valence-electron chi connectivity index (χ2n) is 11.0. The first-order valence-electron chi connectivity index (χ1n) is 12.6. The molecule has 2 aromatic rings. The molecule has 0 saturated heterocycles. The normalized spacial score (nSPS) is 24.9. The third-order valence-corrected chi connectivity index (χ3v) is 8.18. The molecule has 172 valence electrons. The van der Waals surface area contributed by atoms with Crippen LogP contribution in [0.25, 0.3) is 17.2 Å². The molecule has 2 aliphatic carbocycles. The first-order valence-corrected chi connectivity index (χ1v) is 12.6. The molecule has 2 atom stereocenters. The molecule has 0 nitrogen and oxygen atoms in total. The Kier molecular flexibility index (Phi) is 6.41. The maximum atomic E-state index is 4.09. The topological polar surface area (TPSA) is 0 Å². The van der Waals surface area contributed by atoms with Gasteiger partial charge in [-0.2, -0.15) is 0 Å². The first-order chi connectivity index (χ1) is 15.7. The Labute approximate surface area is 201 Å². The molecular formula is C33H40. The monoisotopic (exact) mass is 436 g/mol. The minimum atomic E-state index is 0.0202. The van der Waals surface area contributed by atoms with Gasteiger partial charge in [0.25, 0.3) is 0 Å². The Morgan fingerprint density at radius 2 is 1.76 bits per heavy atom. The van der Waals surface area contributed by atoms with Gasteiger partial charge in [-0.05, 0) is 65.8 Å². The van der Waals surface area contributed by atoms with Gasteiger partial charge in [0, 0.05) is 11.3 Å². The minimum Gasteiger partial charge on any atom is -0.0955 e. The minimum absolute atomic E-state index is 0.0202. The van der Waals surface area contributed by atoms with Crippen LogP contribution in [0, 0.1) is 10.8 Å². The summed E-state index contributed by atoms with van der Waals surface area (Å²) in [6.07, 6.45) is 12.1. The van der Waals surface area contributed by atoms with Crippen molar-refractivity contribution in [2.45, 2.75) is 73.1 Å². The third kappa shape index (κ3) is 4.33.